The minimum atomic E-state index is -0.634. The van der Waals surface area contributed by atoms with Crippen LogP contribution in [0.3, 0.4) is 0 Å². The number of likely N-dealkylation sites (N-methyl/N-ethyl adjacent to an activating group) is 1. The number of rotatable bonds is 9. The number of fused-ring (bicyclic) bond motifs is 1. The number of imidazole rings is 1. The molecule has 1 aliphatic rings. The van der Waals surface area contributed by atoms with E-state index in [1.165, 1.54) is 6.07 Å². The first-order valence-corrected chi connectivity index (χ1v) is 14.0. The van der Waals surface area contributed by atoms with Crippen LogP contribution in [0.15, 0.2) is 36.5 Å². The molecule has 2 aromatic heterocycles. The number of piperazine rings is 1. The maximum absolute atomic E-state index is 15.1. The highest BCUT2D eigenvalue weighted by Crippen LogP contribution is 2.31. The highest BCUT2D eigenvalue weighted by Gasteiger charge is 2.20. The van der Waals surface area contributed by atoms with Gasteiger partial charge in [-0.2, -0.15) is 0 Å². The van der Waals surface area contributed by atoms with Crippen molar-refractivity contribution in [3.8, 4) is 17.0 Å². The first kappa shape index (κ1) is 27.9. The molecule has 0 saturated carbocycles. The molecule has 1 fully saturated rings. The quantitative estimate of drug-likeness (QED) is 0.277. The molecule has 4 aromatic rings. The molecule has 5 rings (SSSR count). The van der Waals surface area contributed by atoms with Crippen molar-refractivity contribution >= 4 is 22.7 Å². The van der Waals surface area contributed by atoms with Gasteiger partial charge in [0.25, 0.3) is 0 Å². The molecule has 1 aliphatic heterocycles. The second-order valence-corrected chi connectivity index (χ2v) is 10.4. The lowest BCUT2D eigenvalue weighted by Gasteiger charge is -2.34. The number of anilines is 2. The van der Waals surface area contributed by atoms with Crippen molar-refractivity contribution in [3.63, 3.8) is 0 Å². The van der Waals surface area contributed by atoms with Crippen LogP contribution in [0.5, 0.6) is 5.75 Å². The Bertz CT molecular complexity index is 1500. The van der Waals surface area contributed by atoms with Crippen LogP contribution >= 0.6 is 0 Å². The molecule has 2 aromatic carbocycles. The van der Waals surface area contributed by atoms with E-state index in [0.29, 0.717) is 23.5 Å². The van der Waals surface area contributed by atoms with Crippen LogP contribution in [-0.4, -0.2) is 68.6 Å². The molecule has 10 heteroatoms. The number of ether oxygens (including phenoxy) is 1. The molecule has 0 aliphatic carbocycles. The molecular formula is C30H37F2N7O. The molecule has 8 nitrogen and oxygen atoms in total. The lowest BCUT2D eigenvalue weighted by Crippen LogP contribution is -2.45. The number of aryl methyl sites for hydroxylation is 1. The highest BCUT2D eigenvalue weighted by molar-refractivity contribution is 5.83. The van der Waals surface area contributed by atoms with Crippen LogP contribution < -0.4 is 10.1 Å². The van der Waals surface area contributed by atoms with Gasteiger partial charge in [0.1, 0.15) is 22.8 Å². The normalized spacial score (nSPS) is 14.8. The summed E-state index contributed by atoms with van der Waals surface area (Å²) in [6.07, 6.45) is 1.10. The molecule has 0 amide bonds. The molecule has 1 N–H and O–H groups in total. The third kappa shape index (κ3) is 5.78. The van der Waals surface area contributed by atoms with E-state index >= 15 is 4.39 Å². The summed E-state index contributed by atoms with van der Waals surface area (Å²) >= 11 is 0. The van der Waals surface area contributed by atoms with Gasteiger partial charge in [0.2, 0.25) is 5.95 Å². The predicted octanol–water partition coefficient (Wildman–Crippen LogP) is 5.94. The summed E-state index contributed by atoms with van der Waals surface area (Å²) in [5.41, 5.74) is 3.03. The standard InChI is InChI=1S/C30H37F2N7O/c1-6-37-10-12-38(13-11-37)18-21-8-9-23(16-27(21)40-7-2)35-30-33-17-25(32)28(36-30)22-14-24(31)29-26(15-22)39(19(3)4)20(5)34-29/h8-9,14-17,19H,6-7,10-13,18H2,1-5H3,(H,33,35,36). The smallest absolute Gasteiger partial charge is 0.227 e. The zero-order chi connectivity index (χ0) is 28.4. The SMILES string of the molecule is CCOc1cc(Nc2ncc(F)c(-c3cc(F)c4nc(C)n(C(C)C)c4c3)n2)ccc1CN1CCN(CC)CC1. The summed E-state index contributed by atoms with van der Waals surface area (Å²) in [4.78, 5) is 17.8. The number of aromatic nitrogens is 4. The van der Waals surface area contributed by atoms with Crippen LogP contribution in [0.25, 0.3) is 22.3 Å². The first-order valence-electron chi connectivity index (χ1n) is 14.0. The first-order chi connectivity index (χ1) is 19.3. The Morgan fingerprint density at radius 1 is 0.975 bits per heavy atom. The maximum atomic E-state index is 15.1. The van der Waals surface area contributed by atoms with Crippen molar-refractivity contribution in [3.05, 3.63) is 59.6 Å². The zero-order valence-electron chi connectivity index (χ0n) is 23.8. The van der Waals surface area contributed by atoms with Gasteiger partial charge >= 0.3 is 0 Å². The molecule has 40 heavy (non-hydrogen) atoms. The minimum absolute atomic E-state index is 0.0142. The Morgan fingerprint density at radius 2 is 1.73 bits per heavy atom. The topological polar surface area (TPSA) is 71.3 Å². The van der Waals surface area contributed by atoms with E-state index in [9.17, 15) is 4.39 Å². The van der Waals surface area contributed by atoms with E-state index in [4.69, 9.17) is 4.74 Å². The number of benzene rings is 2. The zero-order valence-corrected chi connectivity index (χ0v) is 23.8. The van der Waals surface area contributed by atoms with E-state index in [0.717, 1.165) is 62.5 Å². The average molecular weight is 550 g/mol. The van der Waals surface area contributed by atoms with Crippen molar-refractivity contribution in [1.82, 2.24) is 29.3 Å². The van der Waals surface area contributed by atoms with Gasteiger partial charge in [-0.15, -0.1) is 0 Å². The Labute approximate surface area is 234 Å². The second kappa shape index (κ2) is 11.9. The minimum Gasteiger partial charge on any atom is -0.493 e. The molecule has 0 spiro atoms. The van der Waals surface area contributed by atoms with E-state index < -0.39 is 11.6 Å². The number of hydrogen-bond acceptors (Lipinski definition) is 7. The molecule has 0 radical (unpaired) electrons. The summed E-state index contributed by atoms with van der Waals surface area (Å²) in [5, 5.41) is 3.17. The van der Waals surface area contributed by atoms with Gasteiger partial charge in [0.15, 0.2) is 11.6 Å². The number of nitrogens with one attached hydrogen (secondary N) is 1. The summed E-state index contributed by atoms with van der Waals surface area (Å²) in [7, 11) is 0. The van der Waals surface area contributed by atoms with Crippen molar-refractivity contribution < 1.29 is 13.5 Å². The van der Waals surface area contributed by atoms with E-state index in [2.05, 4.69) is 37.0 Å². The average Bonchev–Trinajstić information content (AvgIpc) is 3.28. The van der Waals surface area contributed by atoms with Crippen LogP contribution in [-0.2, 0) is 6.54 Å². The number of hydrogen-bond donors (Lipinski definition) is 1. The van der Waals surface area contributed by atoms with Crippen molar-refractivity contribution in [2.45, 2.75) is 47.2 Å². The Kier molecular flexibility index (Phi) is 8.27. The second-order valence-electron chi connectivity index (χ2n) is 10.4. The molecule has 0 bridgehead atoms. The fourth-order valence-electron chi connectivity index (χ4n) is 5.37. The Morgan fingerprint density at radius 3 is 2.42 bits per heavy atom. The van der Waals surface area contributed by atoms with E-state index in [1.807, 2.05) is 50.5 Å². The van der Waals surface area contributed by atoms with Crippen molar-refractivity contribution in [2.24, 2.45) is 0 Å². The van der Waals surface area contributed by atoms with Gasteiger partial charge in [-0.25, -0.2) is 23.7 Å². The maximum Gasteiger partial charge on any atom is 0.227 e. The van der Waals surface area contributed by atoms with E-state index in [1.54, 1.807) is 6.07 Å². The van der Waals surface area contributed by atoms with Gasteiger partial charge < -0.3 is 19.5 Å². The number of halogens is 2. The van der Waals surface area contributed by atoms with Crippen molar-refractivity contribution in [2.75, 3.05) is 44.6 Å². The molecular weight excluding hydrogens is 512 g/mol. The monoisotopic (exact) mass is 549 g/mol. The molecule has 0 unspecified atom stereocenters. The third-order valence-electron chi connectivity index (χ3n) is 7.39. The van der Waals surface area contributed by atoms with Gasteiger partial charge in [0.05, 0.1) is 18.3 Å². The van der Waals surface area contributed by atoms with Gasteiger partial charge in [-0.05, 0) is 52.4 Å². The summed E-state index contributed by atoms with van der Waals surface area (Å²) < 4.78 is 37.9. The van der Waals surface area contributed by atoms with Gasteiger partial charge in [0, 0.05) is 61.6 Å². The fourth-order valence-corrected chi connectivity index (χ4v) is 5.37. The van der Waals surface area contributed by atoms with Crippen molar-refractivity contribution in [1.29, 1.82) is 0 Å². The summed E-state index contributed by atoms with van der Waals surface area (Å²) in [5.74, 6) is 0.540. The molecule has 3 heterocycles. The third-order valence-corrected chi connectivity index (χ3v) is 7.39. The van der Waals surface area contributed by atoms with Gasteiger partial charge in [-0.1, -0.05) is 13.0 Å². The lowest BCUT2D eigenvalue weighted by atomic mass is 10.1. The van der Waals surface area contributed by atoms with Crippen LogP contribution in [0.4, 0.5) is 20.4 Å². The number of nitrogens with zero attached hydrogens (tertiary/aromatic N) is 6. The highest BCUT2D eigenvalue weighted by atomic mass is 19.1. The largest absolute Gasteiger partial charge is 0.493 e. The van der Waals surface area contributed by atoms with Crippen LogP contribution in [0.2, 0.25) is 0 Å². The molecule has 212 valence electrons. The van der Waals surface area contributed by atoms with Gasteiger partial charge in [-0.3, -0.25) is 4.90 Å². The molecule has 1 saturated heterocycles. The Hall–Kier alpha value is -3.63. The van der Waals surface area contributed by atoms with Crippen LogP contribution in [0, 0.1) is 18.6 Å². The summed E-state index contributed by atoms with van der Waals surface area (Å²) in [6.45, 7) is 16.6. The molecule has 0 atom stereocenters. The summed E-state index contributed by atoms with van der Waals surface area (Å²) in [6, 6.07) is 8.98. The fraction of sp³-hybridized carbons (Fsp3) is 0.433. The Balaban J connectivity index is 1.41. The van der Waals surface area contributed by atoms with Crippen LogP contribution in [0.1, 0.15) is 45.1 Å². The predicted molar refractivity (Wildman–Crippen MR) is 154 cm³/mol. The lowest BCUT2D eigenvalue weighted by molar-refractivity contribution is 0.131. The van der Waals surface area contributed by atoms with E-state index in [-0.39, 0.29) is 23.2 Å².